The highest BCUT2D eigenvalue weighted by atomic mass is 79.9. The van der Waals surface area contributed by atoms with Gasteiger partial charge in [-0.25, -0.2) is 0 Å². The van der Waals surface area contributed by atoms with Gasteiger partial charge in [0.2, 0.25) is 0 Å². The second kappa shape index (κ2) is 6.44. The largest absolute Gasteiger partial charge is 0.573 e. The molecule has 0 amide bonds. The Hall–Kier alpha value is -1.60. The third-order valence-electron chi connectivity index (χ3n) is 2.76. The first-order chi connectivity index (χ1) is 9.83. The molecule has 0 fully saturated rings. The smallest absolute Gasteiger partial charge is 0.406 e. The number of nitrogens with zero attached hydrogens (tertiary/aromatic N) is 1. The summed E-state index contributed by atoms with van der Waals surface area (Å²) in [6.45, 7) is 0. The van der Waals surface area contributed by atoms with Crippen molar-refractivity contribution in [1.29, 1.82) is 0 Å². The molecule has 0 radical (unpaired) electrons. The maximum Gasteiger partial charge on any atom is 0.573 e. The number of rotatable bonds is 4. The average Bonchev–Trinajstić information content (AvgIpc) is 2.40. The summed E-state index contributed by atoms with van der Waals surface area (Å²) < 4.78 is 40.9. The van der Waals surface area contributed by atoms with Crippen LogP contribution in [0.2, 0.25) is 0 Å². The molecule has 0 aliphatic heterocycles. The molecule has 1 atom stereocenters. The molecule has 0 aliphatic rings. The molecule has 21 heavy (non-hydrogen) atoms. The molecule has 2 N–H and O–H groups in total. The zero-order chi connectivity index (χ0) is 15.5. The number of benzene rings is 1. The molecule has 0 spiro atoms. The van der Waals surface area contributed by atoms with Gasteiger partial charge in [0.15, 0.2) is 0 Å². The van der Waals surface area contributed by atoms with E-state index in [9.17, 15) is 13.2 Å². The molecule has 1 unspecified atom stereocenters. The van der Waals surface area contributed by atoms with Crippen molar-refractivity contribution >= 4 is 15.9 Å². The summed E-state index contributed by atoms with van der Waals surface area (Å²) in [6, 6.07) is 8.88. The highest BCUT2D eigenvalue weighted by Gasteiger charge is 2.31. The highest BCUT2D eigenvalue weighted by molar-refractivity contribution is 9.10. The Balaban J connectivity index is 2.02. The minimum absolute atomic E-state index is 0.264. The van der Waals surface area contributed by atoms with E-state index in [4.69, 9.17) is 5.73 Å². The Labute approximate surface area is 128 Å². The summed E-state index contributed by atoms with van der Waals surface area (Å²) in [5, 5.41) is 0. The Morgan fingerprint density at radius 3 is 2.33 bits per heavy atom. The fourth-order valence-electron chi connectivity index (χ4n) is 1.79. The SMILES string of the molecule is NC(Cc1ccc(Br)cn1)c1ccc(OC(F)(F)F)cc1. The van der Waals surface area contributed by atoms with Crippen molar-refractivity contribution in [3.05, 3.63) is 58.3 Å². The van der Waals surface area contributed by atoms with Gasteiger partial charge < -0.3 is 10.5 Å². The summed E-state index contributed by atoms with van der Waals surface area (Å²) in [4.78, 5) is 4.21. The molecule has 1 heterocycles. The van der Waals surface area contributed by atoms with E-state index < -0.39 is 6.36 Å². The first kappa shape index (κ1) is 15.8. The lowest BCUT2D eigenvalue weighted by molar-refractivity contribution is -0.274. The molecule has 0 saturated heterocycles. The maximum absolute atomic E-state index is 12.1. The fraction of sp³-hybridized carbons (Fsp3) is 0.214. The van der Waals surface area contributed by atoms with E-state index in [1.54, 1.807) is 6.20 Å². The van der Waals surface area contributed by atoms with Crippen LogP contribution in [-0.4, -0.2) is 11.3 Å². The van der Waals surface area contributed by atoms with Crippen LogP contribution in [0.15, 0.2) is 47.1 Å². The van der Waals surface area contributed by atoms with Gasteiger partial charge in [0.05, 0.1) is 0 Å². The molecule has 3 nitrogen and oxygen atoms in total. The summed E-state index contributed by atoms with van der Waals surface area (Å²) in [5.74, 6) is -0.264. The van der Waals surface area contributed by atoms with E-state index in [1.807, 2.05) is 12.1 Å². The van der Waals surface area contributed by atoms with Crippen molar-refractivity contribution in [3.8, 4) is 5.75 Å². The molecule has 7 heteroatoms. The van der Waals surface area contributed by atoms with E-state index in [0.717, 1.165) is 10.2 Å². The van der Waals surface area contributed by atoms with Crippen molar-refractivity contribution in [2.24, 2.45) is 5.73 Å². The average molecular weight is 361 g/mol. The van der Waals surface area contributed by atoms with Gasteiger partial charge in [0.25, 0.3) is 0 Å². The van der Waals surface area contributed by atoms with Gasteiger partial charge in [-0.2, -0.15) is 0 Å². The monoisotopic (exact) mass is 360 g/mol. The van der Waals surface area contributed by atoms with E-state index in [0.29, 0.717) is 12.0 Å². The van der Waals surface area contributed by atoms with Gasteiger partial charge in [-0.1, -0.05) is 12.1 Å². The topological polar surface area (TPSA) is 48.1 Å². The van der Waals surface area contributed by atoms with Crippen molar-refractivity contribution in [3.63, 3.8) is 0 Å². The minimum Gasteiger partial charge on any atom is -0.406 e. The summed E-state index contributed by atoms with van der Waals surface area (Å²) in [7, 11) is 0. The van der Waals surface area contributed by atoms with Crippen molar-refractivity contribution in [1.82, 2.24) is 4.98 Å². The quantitative estimate of drug-likeness (QED) is 0.896. The molecule has 0 aliphatic carbocycles. The van der Waals surface area contributed by atoms with E-state index in [1.165, 1.54) is 24.3 Å². The number of aromatic nitrogens is 1. The predicted octanol–water partition coefficient (Wildman–Crippen LogP) is 3.99. The van der Waals surface area contributed by atoms with Gasteiger partial charge in [-0.15, -0.1) is 13.2 Å². The third-order valence-corrected chi connectivity index (χ3v) is 3.23. The van der Waals surface area contributed by atoms with Crippen LogP contribution < -0.4 is 10.5 Å². The standard InChI is InChI=1S/C14H12BrF3N2O/c15-10-3-4-11(20-8-10)7-13(19)9-1-5-12(6-2-9)21-14(16,17)18/h1-6,8,13H,7,19H2. The number of hydrogen-bond acceptors (Lipinski definition) is 3. The first-order valence-corrected chi connectivity index (χ1v) is 6.84. The molecule has 112 valence electrons. The van der Waals surface area contributed by atoms with Crippen LogP contribution in [0, 0.1) is 0 Å². The normalized spacial score (nSPS) is 13.0. The molecule has 2 rings (SSSR count). The molecule has 0 saturated carbocycles. The summed E-state index contributed by atoms with van der Waals surface area (Å²) in [5.41, 5.74) is 7.55. The molecular weight excluding hydrogens is 349 g/mol. The zero-order valence-electron chi connectivity index (χ0n) is 10.8. The van der Waals surface area contributed by atoms with E-state index >= 15 is 0 Å². The molecule has 0 bridgehead atoms. The summed E-state index contributed by atoms with van der Waals surface area (Å²) >= 11 is 3.29. The van der Waals surface area contributed by atoms with Crippen LogP contribution in [0.1, 0.15) is 17.3 Å². The second-order valence-corrected chi connectivity index (χ2v) is 5.31. The second-order valence-electron chi connectivity index (χ2n) is 4.40. The van der Waals surface area contributed by atoms with Gasteiger partial charge in [-0.05, 0) is 45.8 Å². The highest BCUT2D eigenvalue weighted by Crippen LogP contribution is 2.24. The van der Waals surface area contributed by atoms with E-state index in [2.05, 4.69) is 25.7 Å². The van der Waals surface area contributed by atoms with Gasteiger partial charge in [0, 0.05) is 28.8 Å². The minimum atomic E-state index is -4.69. The lowest BCUT2D eigenvalue weighted by atomic mass is 10.0. The Morgan fingerprint density at radius 1 is 1.14 bits per heavy atom. The maximum atomic E-state index is 12.1. The fourth-order valence-corrected chi connectivity index (χ4v) is 2.02. The molecule has 1 aromatic heterocycles. The number of alkyl halides is 3. The molecular formula is C14H12BrF3N2O. The van der Waals surface area contributed by atoms with Crippen molar-refractivity contribution < 1.29 is 17.9 Å². The van der Waals surface area contributed by atoms with Gasteiger partial charge in [-0.3, -0.25) is 4.98 Å². The van der Waals surface area contributed by atoms with Crippen LogP contribution >= 0.6 is 15.9 Å². The van der Waals surface area contributed by atoms with Crippen LogP contribution in [0.25, 0.3) is 0 Å². The summed E-state index contributed by atoms with van der Waals surface area (Å²) in [6.07, 6.45) is -2.53. The Morgan fingerprint density at radius 2 is 1.81 bits per heavy atom. The Bertz CT molecular complexity index is 585. The predicted molar refractivity (Wildman–Crippen MR) is 75.7 cm³/mol. The number of halogens is 4. The number of nitrogens with two attached hydrogens (primary N) is 1. The lowest BCUT2D eigenvalue weighted by Crippen LogP contribution is -2.17. The van der Waals surface area contributed by atoms with Gasteiger partial charge >= 0.3 is 6.36 Å². The number of ether oxygens (including phenoxy) is 1. The lowest BCUT2D eigenvalue weighted by Gasteiger charge is -2.13. The van der Waals surface area contributed by atoms with Crippen LogP contribution in [0.5, 0.6) is 5.75 Å². The first-order valence-electron chi connectivity index (χ1n) is 6.05. The van der Waals surface area contributed by atoms with Gasteiger partial charge in [0.1, 0.15) is 5.75 Å². The van der Waals surface area contributed by atoms with Crippen molar-refractivity contribution in [2.75, 3.05) is 0 Å². The number of pyridine rings is 1. The van der Waals surface area contributed by atoms with Crippen LogP contribution in [-0.2, 0) is 6.42 Å². The third kappa shape index (κ3) is 5.02. The number of hydrogen-bond donors (Lipinski definition) is 1. The van der Waals surface area contributed by atoms with Crippen molar-refractivity contribution in [2.45, 2.75) is 18.8 Å². The molecule has 1 aromatic carbocycles. The van der Waals surface area contributed by atoms with Crippen LogP contribution in [0.3, 0.4) is 0 Å². The van der Waals surface area contributed by atoms with Crippen LogP contribution in [0.4, 0.5) is 13.2 Å². The Kier molecular flexibility index (Phi) is 4.84. The zero-order valence-corrected chi connectivity index (χ0v) is 12.4. The molecule has 2 aromatic rings. The van der Waals surface area contributed by atoms with E-state index in [-0.39, 0.29) is 11.8 Å².